The van der Waals surface area contributed by atoms with Crippen molar-refractivity contribution in [3.05, 3.63) is 28.1 Å². The molecule has 0 spiro atoms. The normalized spacial score (nSPS) is 20.3. The van der Waals surface area contributed by atoms with Gasteiger partial charge in [0, 0.05) is 31.2 Å². The number of nitro groups is 1. The smallest absolute Gasteiger partial charge is 0.287 e. The van der Waals surface area contributed by atoms with E-state index < -0.39 is 4.92 Å². The summed E-state index contributed by atoms with van der Waals surface area (Å²) in [6.45, 7) is 4.94. The summed E-state index contributed by atoms with van der Waals surface area (Å²) in [5.74, 6) is -0.160. The van der Waals surface area contributed by atoms with E-state index in [4.69, 9.17) is 5.73 Å². The molecule has 1 aliphatic rings. The zero-order valence-corrected chi connectivity index (χ0v) is 12.5. The van der Waals surface area contributed by atoms with Gasteiger partial charge >= 0.3 is 0 Å². The summed E-state index contributed by atoms with van der Waals surface area (Å²) < 4.78 is 1.63. The zero-order chi connectivity index (χ0) is 15.6. The molecule has 1 saturated heterocycles. The highest BCUT2D eigenvalue weighted by Gasteiger charge is 2.32. The molecule has 1 amide bonds. The van der Waals surface area contributed by atoms with E-state index in [-0.39, 0.29) is 23.7 Å². The Hall–Kier alpha value is -1.89. The van der Waals surface area contributed by atoms with Crippen molar-refractivity contribution in [1.29, 1.82) is 0 Å². The first-order valence-corrected chi connectivity index (χ1v) is 7.36. The first-order chi connectivity index (χ1) is 9.95. The third kappa shape index (κ3) is 3.07. The second-order valence-corrected chi connectivity index (χ2v) is 5.55. The quantitative estimate of drug-likeness (QED) is 0.676. The number of carbonyl (C=O) groups excluding carboxylic acids is 1. The molecule has 1 aliphatic heterocycles. The van der Waals surface area contributed by atoms with Crippen LogP contribution in [0.3, 0.4) is 0 Å². The van der Waals surface area contributed by atoms with Crippen molar-refractivity contribution in [3.8, 4) is 0 Å². The monoisotopic (exact) mass is 294 g/mol. The molecule has 2 atom stereocenters. The van der Waals surface area contributed by atoms with E-state index in [0.717, 1.165) is 19.3 Å². The third-order valence-electron chi connectivity index (χ3n) is 4.07. The first-order valence-electron chi connectivity index (χ1n) is 7.36. The molecule has 0 aliphatic carbocycles. The summed E-state index contributed by atoms with van der Waals surface area (Å²) in [5, 5.41) is 10.9. The number of aryl methyl sites for hydroxylation is 1. The van der Waals surface area contributed by atoms with Gasteiger partial charge in [-0.05, 0) is 33.1 Å². The number of hydrogen-bond acceptors (Lipinski definition) is 4. The van der Waals surface area contributed by atoms with E-state index in [1.54, 1.807) is 9.47 Å². The van der Waals surface area contributed by atoms with Gasteiger partial charge in [-0.15, -0.1) is 0 Å². The maximum absolute atomic E-state index is 12.8. The highest BCUT2D eigenvalue weighted by atomic mass is 16.6. The summed E-state index contributed by atoms with van der Waals surface area (Å²) in [4.78, 5) is 25.0. The second kappa shape index (κ2) is 6.26. The van der Waals surface area contributed by atoms with E-state index >= 15 is 0 Å². The van der Waals surface area contributed by atoms with Crippen LogP contribution in [0, 0.1) is 10.1 Å². The molecule has 2 N–H and O–H groups in total. The van der Waals surface area contributed by atoms with Crippen molar-refractivity contribution < 1.29 is 9.72 Å². The van der Waals surface area contributed by atoms with Gasteiger partial charge in [-0.3, -0.25) is 14.9 Å². The van der Waals surface area contributed by atoms with E-state index in [1.165, 1.54) is 12.3 Å². The molecule has 1 aromatic heterocycles. The molecule has 2 heterocycles. The lowest BCUT2D eigenvalue weighted by Gasteiger charge is -2.38. The Labute approximate surface area is 123 Å². The number of nitrogens with zero attached hydrogens (tertiary/aromatic N) is 3. The Bertz CT molecular complexity index is 538. The van der Waals surface area contributed by atoms with Gasteiger partial charge < -0.3 is 15.2 Å². The average Bonchev–Trinajstić information content (AvgIpc) is 2.90. The molecule has 2 rings (SSSR count). The summed E-state index contributed by atoms with van der Waals surface area (Å²) >= 11 is 0. The molecule has 2 unspecified atom stereocenters. The van der Waals surface area contributed by atoms with Crippen LogP contribution < -0.4 is 5.73 Å². The standard InChI is InChI=1S/C14H22N4O3/c1-3-16-9-11(18(20)21)8-13(16)14(19)17-7-5-4-6-12(17)10(2)15/h8-10,12H,3-7,15H2,1-2H3. The Morgan fingerprint density at radius 2 is 2.29 bits per heavy atom. The fraction of sp³-hybridized carbons (Fsp3) is 0.643. The third-order valence-corrected chi connectivity index (χ3v) is 4.07. The lowest BCUT2D eigenvalue weighted by atomic mass is 9.96. The Morgan fingerprint density at radius 3 is 2.86 bits per heavy atom. The molecule has 0 bridgehead atoms. The number of nitrogens with two attached hydrogens (primary N) is 1. The number of likely N-dealkylation sites (tertiary alicyclic amines) is 1. The molecule has 21 heavy (non-hydrogen) atoms. The fourth-order valence-electron chi connectivity index (χ4n) is 2.94. The topological polar surface area (TPSA) is 94.4 Å². The number of carbonyl (C=O) groups is 1. The predicted molar refractivity (Wildman–Crippen MR) is 79.1 cm³/mol. The molecule has 0 radical (unpaired) electrons. The Morgan fingerprint density at radius 1 is 1.57 bits per heavy atom. The van der Waals surface area contributed by atoms with Crippen molar-refractivity contribution in [3.63, 3.8) is 0 Å². The first kappa shape index (κ1) is 15.5. The number of aromatic nitrogens is 1. The summed E-state index contributed by atoms with van der Waals surface area (Å²) in [7, 11) is 0. The number of amides is 1. The van der Waals surface area contributed by atoms with Crippen LogP contribution in [-0.4, -0.2) is 38.9 Å². The Balaban J connectivity index is 2.31. The van der Waals surface area contributed by atoms with Crippen LogP contribution in [0.1, 0.15) is 43.6 Å². The lowest BCUT2D eigenvalue weighted by molar-refractivity contribution is -0.384. The van der Waals surface area contributed by atoms with E-state index in [1.807, 2.05) is 13.8 Å². The lowest BCUT2D eigenvalue weighted by Crippen LogP contribution is -2.52. The summed E-state index contributed by atoms with van der Waals surface area (Å²) in [5.41, 5.74) is 6.31. The Kier molecular flexibility index (Phi) is 4.62. The van der Waals surface area contributed by atoms with Crippen molar-refractivity contribution in [2.45, 2.75) is 51.7 Å². The van der Waals surface area contributed by atoms with Gasteiger partial charge in [0.05, 0.1) is 11.1 Å². The van der Waals surface area contributed by atoms with Gasteiger partial charge in [0.25, 0.3) is 11.6 Å². The maximum atomic E-state index is 12.8. The van der Waals surface area contributed by atoms with Crippen molar-refractivity contribution in [2.75, 3.05) is 6.54 Å². The van der Waals surface area contributed by atoms with Crippen LogP contribution in [0.25, 0.3) is 0 Å². The molecule has 116 valence electrons. The molecule has 0 saturated carbocycles. The number of hydrogen-bond donors (Lipinski definition) is 1. The summed E-state index contributed by atoms with van der Waals surface area (Å²) in [6, 6.07) is 1.26. The molecular formula is C14H22N4O3. The van der Waals surface area contributed by atoms with Crippen LogP contribution in [0.15, 0.2) is 12.3 Å². The maximum Gasteiger partial charge on any atom is 0.287 e. The SMILES string of the molecule is CCn1cc([N+](=O)[O-])cc1C(=O)N1CCCCC1C(C)N. The van der Waals surface area contributed by atoms with Crippen molar-refractivity contribution in [1.82, 2.24) is 9.47 Å². The molecule has 7 heteroatoms. The van der Waals surface area contributed by atoms with E-state index in [9.17, 15) is 14.9 Å². The van der Waals surface area contributed by atoms with Gasteiger partial charge in [0.2, 0.25) is 0 Å². The van der Waals surface area contributed by atoms with Gasteiger partial charge in [-0.2, -0.15) is 0 Å². The van der Waals surface area contributed by atoms with Crippen LogP contribution in [-0.2, 0) is 6.54 Å². The number of rotatable bonds is 4. The highest BCUT2D eigenvalue weighted by Crippen LogP contribution is 2.24. The van der Waals surface area contributed by atoms with Gasteiger partial charge in [-0.25, -0.2) is 0 Å². The minimum Gasteiger partial charge on any atom is -0.337 e. The van der Waals surface area contributed by atoms with Crippen LogP contribution in [0.4, 0.5) is 5.69 Å². The van der Waals surface area contributed by atoms with Gasteiger partial charge in [0.1, 0.15) is 5.69 Å². The minimum atomic E-state index is -0.470. The molecular weight excluding hydrogens is 272 g/mol. The van der Waals surface area contributed by atoms with E-state index in [0.29, 0.717) is 18.8 Å². The van der Waals surface area contributed by atoms with Gasteiger partial charge in [0.15, 0.2) is 0 Å². The largest absolute Gasteiger partial charge is 0.337 e. The van der Waals surface area contributed by atoms with Crippen LogP contribution >= 0.6 is 0 Å². The molecule has 0 aromatic carbocycles. The highest BCUT2D eigenvalue weighted by molar-refractivity contribution is 5.94. The average molecular weight is 294 g/mol. The van der Waals surface area contributed by atoms with E-state index in [2.05, 4.69) is 0 Å². The van der Waals surface area contributed by atoms with Crippen molar-refractivity contribution >= 4 is 11.6 Å². The molecule has 1 aromatic rings. The zero-order valence-electron chi connectivity index (χ0n) is 12.5. The molecule has 1 fully saturated rings. The van der Waals surface area contributed by atoms with Crippen LogP contribution in [0.2, 0.25) is 0 Å². The minimum absolute atomic E-state index is 0.00510. The molecule has 7 nitrogen and oxygen atoms in total. The van der Waals surface area contributed by atoms with Crippen molar-refractivity contribution in [2.24, 2.45) is 5.73 Å². The fourth-order valence-corrected chi connectivity index (χ4v) is 2.94. The van der Waals surface area contributed by atoms with Gasteiger partial charge in [-0.1, -0.05) is 0 Å². The predicted octanol–water partition coefficient (Wildman–Crippen LogP) is 1.76. The number of piperidine rings is 1. The van der Waals surface area contributed by atoms with Crippen LogP contribution in [0.5, 0.6) is 0 Å². The second-order valence-electron chi connectivity index (χ2n) is 5.55. The summed E-state index contributed by atoms with van der Waals surface area (Å²) in [6.07, 6.45) is 4.31.